The van der Waals surface area contributed by atoms with Crippen molar-refractivity contribution in [2.24, 2.45) is 5.73 Å². The fraction of sp³-hybridized carbons (Fsp3) is 0.889. The standard InChI is InChI=1S/C18H36N2O4/c1-2-3-4-5-6-7-8-9-10-11-15-24-18(23)20-14-12-13-16(19)17(21)22/h16H,2-15,19H2,1H3,(H,20,23)(H,21,22)/t16-/m0/s1. The van der Waals surface area contributed by atoms with Gasteiger partial charge >= 0.3 is 12.1 Å². The molecule has 0 radical (unpaired) electrons. The lowest BCUT2D eigenvalue weighted by atomic mass is 10.1. The van der Waals surface area contributed by atoms with Crippen LogP contribution in [0, 0.1) is 0 Å². The van der Waals surface area contributed by atoms with E-state index in [2.05, 4.69) is 12.2 Å². The van der Waals surface area contributed by atoms with Crippen LogP contribution in [0.4, 0.5) is 4.79 Å². The van der Waals surface area contributed by atoms with Gasteiger partial charge in [-0.05, 0) is 19.3 Å². The Kier molecular flexibility index (Phi) is 15.7. The van der Waals surface area contributed by atoms with Crippen molar-refractivity contribution in [3.63, 3.8) is 0 Å². The zero-order chi connectivity index (χ0) is 18.0. The van der Waals surface area contributed by atoms with Gasteiger partial charge < -0.3 is 20.9 Å². The lowest BCUT2D eigenvalue weighted by Crippen LogP contribution is -2.32. The van der Waals surface area contributed by atoms with E-state index in [4.69, 9.17) is 15.6 Å². The fourth-order valence-electron chi connectivity index (χ4n) is 2.44. The molecule has 0 aliphatic carbocycles. The molecule has 0 aromatic rings. The molecule has 0 fully saturated rings. The molecule has 0 saturated heterocycles. The smallest absolute Gasteiger partial charge is 0.407 e. The number of hydrogen-bond donors (Lipinski definition) is 3. The highest BCUT2D eigenvalue weighted by molar-refractivity contribution is 5.73. The maximum absolute atomic E-state index is 11.4. The topological polar surface area (TPSA) is 102 Å². The summed E-state index contributed by atoms with van der Waals surface area (Å²) in [5, 5.41) is 11.2. The fourth-order valence-corrected chi connectivity index (χ4v) is 2.44. The summed E-state index contributed by atoms with van der Waals surface area (Å²) in [6.07, 6.45) is 12.9. The number of carbonyl (C=O) groups is 2. The number of nitrogens with two attached hydrogens (primary N) is 1. The van der Waals surface area contributed by atoms with E-state index in [1.54, 1.807) is 0 Å². The number of carboxylic acids is 1. The van der Waals surface area contributed by atoms with Crippen LogP contribution in [0.3, 0.4) is 0 Å². The molecule has 6 nitrogen and oxygen atoms in total. The number of carbonyl (C=O) groups excluding carboxylic acids is 1. The SMILES string of the molecule is CCCCCCCCCCCCOC(=O)NCCC[C@H](N)C(=O)O. The van der Waals surface area contributed by atoms with Crippen molar-refractivity contribution >= 4 is 12.1 Å². The number of nitrogens with one attached hydrogen (secondary N) is 1. The highest BCUT2D eigenvalue weighted by Crippen LogP contribution is 2.10. The number of aliphatic carboxylic acids is 1. The van der Waals surface area contributed by atoms with E-state index in [0.29, 0.717) is 26.0 Å². The number of hydrogen-bond acceptors (Lipinski definition) is 4. The summed E-state index contributed by atoms with van der Waals surface area (Å²) in [5.74, 6) is -1.02. The summed E-state index contributed by atoms with van der Waals surface area (Å²) in [5.41, 5.74) is 5.37. The number of rotatable bonds is 16. The van der Waals surface area contributed by atoms with Crippen LogP contribution in [0.15, 0.2) is 0 Å². The Morgan fingerprint density at radius 2 is 1.50 bits per heavy atom. The van der Waals surface area contributed by atoms with Crippen molar-refractivity contribution in [1.82, 2.24) is 5.32 Å². The zero-order valence-electron chi connectivity index (χ0n) is 15.2. The summed E-state index contributed by atoms with van der Waals surface area (Å²) in [6, 6.07) is -0.866. The first-order chi connectivity index (χ1) is 11.6. The van der Waals surface area contributed by atoms with Gasteiger partial charge in [0.2, 0.25) is 0 Å². The van der Waals surface area contributed by atoms with Crippen LogP contribution in [0.5, 0.6) is 0 Å². The van der Waals surface area contributed by atoms with Crippen molar-refractivity contribution in [2.45, 2.75) is 90.0 Å². The molecule has 1 atom stereocenters. The first-order valence-electron chi connectivity index (χ1n) is 9.47. The van der Waals surface area contributed by atoms with Gasteiger partial charge in [0.15, 0.2) is 0 Å². The third-order valence-electron chi connectivity index (χ3n) is 4.01. The summed E-state index contributed by atoms with van der Waals surface area (Å²) in [4.78, 5) is 21.9. The van der Waals surface area contributed by atoms with Gasteiger partial charge in [0.1, 0.15) is 6.04 Å². The van der Waals surface area contributed by atoms with E-state index >= 15 is 0 Å². The minimum Gasteiger partial charge on any atom is -0.480 e. The molecule has 0 saturated carbocycles. The number of amides is 1. The zero-order valence-corrected chi connectivity index (χ0v) is 15.2. The van der Waals surface area contributed by atoms with Crippen LogP contribution in [0.25, 0.3) is 0 Å². The van der Waals surface area contributed by atoms with Crippen LogP contribution in [0.2, 0.25) is 0 Å². The Labute approximate surface area is 146 Å². The minimum atomic E-state index is -1.02. The van der Waals surface area contributed by atoms with Gasteiger partial charge in [-0.3, -0.25) is 4.79 Å². The highest BCUT2D eigenvalue weighted by Gasteiger charge is 2.10. The molecule has 6 heteroatoms. The predicted molar refractivity (Wildman–Crippen MR) is 96.0 cm³/mol. The Bertz CT molecular complexity index is 324. The van der Waals surface area contributed by atoms with Gasteiger partial charge in [0, 0.05) is 6.54 Å². The number of alkyl carbamates (subject to hydrolysis) is 1. The van der Waals surface area contributed by atoms with Crippen LogP contribution < -0.4 is 11.1 Å². The summed E-state index contributed by atoms with van der Waals surface area (Å²) < 4.78 is 5.07. The van der Waals surface area contributed by atoms with Crippen LogP contribution >= 0.6 is 0 Å². The molecule has 0 bridgehead atoms. The van der Waals surface area contributed by atoms with E-state index < -0.39 is 18.1 Å². The molecule has 0 unspecified atom stereocenters. The van der Waals surface area contributed by atoms with E-state index in [1.165, 1.54) is 51.4 Å². The second-order valence-corrected chi connectivity index (χ2v) is 6.33. The lowest BCUT2D eigenvalue weighted by molar-refractivity contribution is -0.138. The molecule has 24 heavy (non-hydrogen) atoms. The van der Waals surface area contributed by atoms with Gasteiger partial charge in [0.25, 0.3) is 0 Å². The molecule has 1 amide bonds. The Hall–Kier alpha value is -1.30. The largest absolute Gasteiger partial charge is 0.480 e. The maximum Gasteiger partial charge on any atom is 0.407 e. The van der Waals surface area contributed by atoms with Gasteiger partial charge in [0.05, 0.1) is 6.61 Å². The van der Waals surface area contributed by atoms with Crippen molar-refractivity contribution < 1.29 is 19.4 Å². The van der Waals surface area contributed by atoms with E-state index in [0.717, 1.165) is 12.8 Å². The summed E-state index contributed by atoms with van der Waals surface area (Å²) in [7, 11) is 0. The van der Waals surface area contributed by atoms with Crippen LogP contribution in [-0.4, -0.2) is 36.4 Å². The third-order valence-corrected chi connectivity index (χ3v) is 4.01. The minimum absolute atomic E-state index is 0.341. The van der Waals surface area contributed by atoms with Crippen molar-refractivity contribution in [3.8, 4) is 0 Å². The Morgan fingerprint density at radius 3 is 2.04 bits per heavy atom. The maximum atomic E-state index is 11.4. The molecule has 0 rings (SSSR count). The Balaban J connectivity index is 3.25. The van der Waals surface area contributed by atoms with Crippen molar-refractivity contribution in [3.05, 3.63) is 0 Å². The van der Waals surface area contributed by atoms with Gasteiger partial charge in [-0.1, -0.05) is 64.7 Å². The molecule has 0 aliphatic rings. The quantitative estimate of drug-likeness (QED) is 0.369. The van der Waals surface area contributed by atoms with Crippen molar-refractivity contribution in [2.75, 3.05) is 13.2 Å². The second kappa shape index (κ2) is 16.6. The Morgan fingerprint density at radius 1 is 0.958 bits per heavy atom. The van der Waals surface area contributed by atoms with Crippen LogP contribution in [0.1, 0.15) is 84.0 Å². The van der Waals surface area contributed by atoms with E-state index in [9.17, 15) is 9.59 Å². The molecule has 0 aromatic heterocycles. The highest BCUT2D eigenvalue weighted by atomic mass is 16.5. The number of carboxylic acid groups (broad SMARTS) is 1. The second-order valence-electron chi connectivity index (χ2n) is 6.33. The molecular weight excluding hydrogens is 308 g/mol. The number of unbranched alkanes of at least 4 members (excludes halogenated alkanes) is 9. The average Bonchev–Trinajstić information content (AvgIpc) is 2.56. The molecule has 0 aliphatic heterocycles. The van der Waals surface area contributed by atoms with E-state index in [1.807, 2.05) is 0 Å². The van der Waals surface area contributed by atoms with E-state index in [-0.39, 0.29) is 0 Å². The van der Waals surface area contributed by atoms with Crippen molar-refractivity contribution in [1.29, 1.82) is 0 Å². The van der Waals surface area contributed by atoms with Crippen LogP contribution in [-0.2, 0) is 9.53 Å². The molecule has 0 spiro atoms. The van der Waals surface area contributed by atoms with Gasteiger partial charge in [-0.2, -0.15) is 0 Å². The lowest BCUT2D eigenvalue weighted by Gasteiger charge is -2.08. The molecule has 0 aromatic carbocycles. The first-order valence-corrected chi connectivity index (χ1v) is 9.47. The van der Waals surface area contributed by atoms with Gasteiger partial charge in [-0.25, -0.2) is 4.79 Å². The number of ether oxygens (including phenoxy) is 1. The predicted octanol–water partition coefficient (Wildman–Crippen LogP) is 3.83. The molecule has 142 valence electrons. The average molecular weight is 344 g/mol. The molecular formula is C18H36N2O4. The normalized spacial score (nSPS) is 11.9. The first kappa shape index (κ1) is 22.7. The summed E-state index contributed by atoms with van der Waals surface area (Å²) >= 11 is 0. The monoisotopic (exact) mass is 344 g/mol. The molecule has 4 N–H and O–H groups in total. The molecule has 0 heterocycles. The summed E-state index contributed by atoms with van der Waals surface area (Å²) in [6.45, 7) is 3.06. The third kappa shape index (κ3) is 15.6. The van der Waals surface area contributed by atoms with Gasteiger partial charge in [-0.15, -0.1) is 0 Å².